The number of hydrogen-bond donors (Lipinski definition) is 1. The number of aromatic nitrogens is 2. The highest BCUT2D eigenvalue weighted by atomic mass is 32.1. The van der Waals surface area contributed by atoms with Crippen molar-refractivity contribution in [3.8, 4) is 0 Å². The molecule has 8 heteroatoms. The predicted molar refractivity (Wildman–Crippen MR) is 142 cm³/mol. The minimum atomic E-state index is -0.894. The van der Waals surface area contributed by atoms with Gasteiger partial charge in [-0.25, -0.2) is 23.1 Å². The maximum Gasteiger partial charge on any atom is 0.138 e. The van der Waals surface area contributed by atoms with Gasteiger partial charge in [-0.05, 0) is 38.2 Å². The van der Waals surface area contributed by atoms with E-state index >= 15 is 0 Å². The largest absolute Gasteiger partial charge is 0.367 e. The van der Waals surface area contributed by atoms with Gasteiger partial charge in [0.2, 0.25) is 0 Å². The number of likely N-dealkylation sites (tertiary alicyclic amines) is 1. The Morgan fingerprint density at radius 3 is 2.14 bits per heavy atom. The molecule has 1 unspecified atom stereocenters. The average molecular weight is 509 g/mol. The van der Waals surface area contributed by atoms with E-state index in [1.165, 1.54) is 4.88 Å². The van der Waals surface area contributed by atoms with Gasteiger partial charge < -0.3 is 5.32 Å². The van der Waals surface area contributed by atoms with Crippen molar-refractivity contribution in [2.24, 2.45) is 5.92 Å². The van der Waals surface area contributed by atoms with Crippen molar-refractivity contribution in [1.82, 2.24) is 14.9 Å². The molecule has 2 aromatic heterocycles. The molecule has 0 radical (unpaired) electrons. The Morgan fingerprint density at radius 1 is 0.971 bits per heavy atom. The first-order chi connectivity index (χ1) is 16.8. The van der Waals surface area contributed by atoms with Crippen LogP contribution in [0.5, 0.6) is 0 Å². The van der Waals surface area contributed by atoms with Crippen molar-refractivity contribution in [2.75, 3.05) is 18.4 Å². The third kappa shape index (κ3) is 7.40. The Bertz CT molecular complexity index is 1040. The van der Waals surface area contributed by atoms with Crippen LogP contribution in [0, 0.1) is 23.4 Å². The Morgan fingerprint density at radius 2 is 1.57 bits per heavy atom. The summed E-state index contributed by atoms with van der Waals surface area (Å²) in [5.41, 5.74) is -0.0683. The van der Waals surface area contributed by atoms with Gasteiger partial charge in [-0.15, -0.1) is 11.3 Å². The van der Waals surface area contributed by atoms with E-state index in [1.807, 2.05) is 32.6 Å². The summed E-state index contributed by atoms with van der Waals surface area (Å²) in [6.45, 7) is 15.5. The molecule has 194 valence electrons. The number of rotatable bonds is 6. The summed E-state index contributed by atoms with van der Waals surface area (Å²) in [4.78, 5) is 13.2. The lowest BCUT2D eigenvalue weighted by Crippen LogP contribution is -2.40. The highest BCUT2D eigenvalue weighted by Crippen LogP contribution is 2.32. The van der Waals surface area contributed by atoms with Crippen molar-refractivity contribution < 1.29 is 13.2 Å². The Kier molecular flexibility index (Phi) is 11.4. The molecule has 35 heavy (non-hydrogen) atoms. The molecule has 3 heterocycles. The summed E-state index contributed by atoms with van der Waals surface area (Å²) in [6, 6.07) is 3.44. The van der Waals surface area contributed by atoms with Gasteiger partial charge in [0.15, 0.2) is 0 Å². The molecule has 1 N–H and O–H groups in total. The lowest BCUT2D eigenvalue weighted by Gasteiger charge is -2.36. The second-order valence-corrected chi connectivity index (χ2v) is 9.78. The van der Waals surface area contributed by atoms with Crippen molar-refractivity contribution in [3.05, 3.63) is 52.4 Å². The molecule has 0 aliphatic carbocycles. The second kappa shape index (κ2) is 13.8. The zero-order chi connectivity index (χ0) is 26.1. The fraction of sp³-hybridized carbons (Fsp3) is 0.556. The summed E-state index contributed by atoms with van der Waals surface area (Å²) in [5, 5.41) is 4.60. The van der Waals surface area contributed by atoms with Crippen LogP contribution < -0.4 is 5.32 Å². The van der Waals surface area contributed by atoms with Gasteiger partial charge in [-0.1, -0.05) is 41.5 Å². The number of nitrogens with zero attached hydrogens (tertiary/aromatic N) is 3. The molecule has 1 aliphatic rings. The van der Waals surface area contributed by atoms with Gasteiger partial charge in [-0.3, -0.25) is 4.90 Å². The van der Waals surface area contributed by atoms with E-state index in [0.29, 0.717) is 19.0 Å². The Labute approximate surface area is 212 Å². The number of halogens is 3. The molecule has 1 aliphatic heterocycles. The standard InChI is InChI=1S/C23H27F3N4S.2C2H6/c1-13(2)8-17-11-18-22(27-12-28-23(18)31-17)29-16-4-6-30(7-5-16)14(3)21-19(25)9-15(24)10-20(21)26;2*1-2/h9-14,16H,4-8H2,1-3H3,(H,27,28,29);2*1-2H3. The molecule has 1 atom stereocenters. The second-order valence-electron chi connectivity index (χ2n) is 8.67. The van der Waals surface area contributed by atoms with Crippen LogP contribution in [-0.4, -0.2) is 34.0 Å². The molecular weight excluding hydrogens is 469 g/mol. The van der Waals surface area contributed by atoms with Crippen LogP contribution in [0.1, 0.15) is 77.8 Å². The average Bonchev–Trinajstić information content (AvgIpc) is 3.24. The zero-order valence-electron chi connectivity index (χ0n) is 22.0. The molecule has 1 saturated heterocycles. The summed E-state index contributed by atoms with van der Waals surface area (Å²) in [6.07, 6.45) is 4.26. The smallest absolute Gasteiger partial charge is 0.138 e. The lowest BCUT2D eigenvalue weighted by molar-refractivity contribution is 0.161. The van der Waals surface area contributed by atoms with E-state index in [1.54, 1.807) is 24.6 Å². The van der Waals surface area contributed by atoms with Crippen LogP contribution in [0.15, 0.2) is 24.5 Å². The molecule has 3 aromatic rings. The van der Waals surface area contributed by atoms with Crippen LogP contribution in [-0.2, 0) is 6.42 Å². The highest BCUT2D eigenvalue weighted by Gasteiger charge is 2.28. The van der Waals surface area contributed by atoms with Crippen LogP contribution in [0.25, 0.3) is 10.2 Å². The summed E-state index contributed by atoms with van der Waals surface area (Å²) >= 11 is 1.71. The Balaban J connectivity index is 0.00000103. The maximum absolute atomic E-state index is 14.2. The van der Waals surface area contributed by atoms with Gasteiger partial charge in [0.05, 0.1) is 5.39 Å². The highest BCUT2D eigenvalue weighted by molar-refractivity contribution is 7.18. The van der Waals surface area contributed by atoms with Crippen LogP contribution >= 0.6 is 11.3 Å². The topological polar surface area (TPSA) is 41.0 Å². The fourth-order valence-electron chi connectivity index (χ4n) is 4.28. The molecular formula is C27H39F3N4S. The SMILES string of the molecule is CC.CC.CC(C)Cc1cc2c(NC3CCN(C(C)c4c(F)cc(F)cc4F)CC3)ncnc2s1. The van der Waals surface area contributed by atoms with E-state index in [-0.39, 0.29) is 11.6 Å². The third-order valence-electron chi connectivity index (χ3n) is 5.87. The van der Waals surface area contributed by atoms with Gasteiger partial charge in [0.1, 0.15) is 34.4 Å². The number of anilines is 1. The number of benzene rings is 1. The molecule has 1 aromatic carbocycles. The summed E-state index contributed by atoms with van der Waals surface area (Å²) in [7, 11) is 0. The minimum absolute atomic E-state index is 0.0683. The zero-order valence-corrected chi connectivity index (χ0v) is 22.8. The van der Waals surface area contributed by atoms with Crippen molar-refractivity contribution in [1.29, 1.82) is 0 Å². The van der Waals surface area contributed by atoms with E-state index in [2.05, 4.69) is 35.2 Å². The minimum Gasteiger partial charge on any atom is -0.367 e. The van der Waals surface area contributed by atoms with Crippen molar-refractivity contribution in [2.45, 2.75) is 79.8 Å². The van der Waals surface area contributed by atoms with E-state index in [0.717, 1.165) is 47.4 Å². The maximum atomic E-state index is 14.2. The summed E-state index contributed by atoms with van der Waals surface area (Å²) < 4.78 is 41.6. The normalized spacial score (nSPS) is 15.3. The van der Waals surface area contributed by atoms with E-state index < -0.39 is 23.5 Å². The van der Waals surface area contributed by atoms with E-state index in [9.17, 15) is 13.2 Å². The quantitative estimate of drug-likeness (QED) is 0.366. The number of nitrogens with one attached hydrogen (secondary N) is 1. The van der Waals surface area contributed by atoms with Gasteiger partial charge in [-0.2, -0.15) is 0 Å². The molecule has 0 bridgehead atoms. The monoisotopic (exact) mass is 508 g/mol. The van der Waals surface area contributed by atoms with Crippen LogP contribution in [0.3, 0.4) is 0 Å². The molecule has 4 nitrogen and oxygen atoms in total. The number of fused-ring (bicyclic) bond motifs is 1. The fourth-order valence-corrected chi connectivity index (χ4v) is 5.49. The van der Waals surface area contributed by atoms with Crippen molar-refractivity contribution in [3.63, 3.8) is 0 Å². The number of hydrogen-bond acceptors (Lipinski definition) is 5. The summed E-state index contributed by atoms with van der Waals surface area (Å²) in [5.74, 6) is -1.13. The molecule has 0 amide bonds. The van der Waals surface area contributed by atoms with E-state index in [4.69, 9.17) is 0 Å². The lowest BCUT2D eigenvalue weighted by atomic mass is 9.99. The van der Waals surface area contributed by atoms with Gasteiger partial charge in [0.25, 0.3) is 0 Å². The first kappa shape index (κ1) is 29.0. The number of piperidine rings is 1. The molecule has 0 saturated carbocycles. The predicted octanol–water partition coefficient (Wildman–Crippen LogP) is 8.00. The van der Waals surface area contributed by atoms with Crippen molar-refractivity contribution >= 4 is 27.4 Å². The molecule has 1 fully saturated rings. The first-order valence-corrected chi connectivity index (χ1v) is 13.5. The van der Waals surface area contributed by atoms with Crippen LogP contribution in [0.4, 0.5) is 19.0 Å². The van der Waals surface area contributed by atoms with Crippen LogP contribution in [0.2, 0.25) is 0 Å². The molecule has 4 rings (SSSR count). The molecule has 0 spiro atoms. The number of thiophene rings is 1. The third-order valence-corrected chi connectivity index (χ3v) is 6.93. The Hall–Kier alpha value is -2.19. The first-order valence-electron chi connectivity index (χ1n) is 12.7. The van der Waals surface area contributed by atoms with Gasteiger partial charge >= 0.3 is 0 Å². The van der Waals surface area contributed by atoms with Gasteiger partial charge in [0, 0.05) is 47.7 Å².